The first-order valence-electron chi connectivity index (χ1n) is 5.70. The number of carbonyl (C=O) groups is 1. The van der Waals surface area contributed by atoms with E-state index >= 15 is 0 Å². The molecule has 1 aromatic heterocycles. The highest BCUT2D eigenvalue weighted by molar-refractivity contribution is 5.67. The highest BCUT2D eigenvalue weighted by Gasteiger charge is 2.07. The van der Waals surface area contributed by atoms with Crippen LogP contribution < -0.4 is 5.32 Å². The molecule has 0 radical (unpaired) electrons. The summed E-state index contributed by atoms with van der Waals surface area (Å²) >= 11 is 0. The molecule has 0 aliphatic rings. The van der Waals surface area contributed by atoms with Crippen molar-refractivity contribution in [1.29, 1.82) is 0 Å². The second-order valence-corrected chi connectivity index (χ2v) is 3.82. The first kappa shape index (κ1) is 12.9. The molecule has 0 atom stereocenters. The van der Waals surface area contributed by atoms with Gasteiger partial charge >= 0.3 is 5.97 Å². The normalized spacial score (nSPS) is 10.2. The monoisotopic (exact) mass is 261 g/mol. The van der Waals surface area contributed by atoms with Crippen molar-refractivity contribution in [3.05, 3.63) is 42.3 Å². The second kappa shape index (κ2) is 5.90. The number of carboxylic acid groups (broad SMARTS) is 1. The molecule has 19 heavy (non-hydrogen) atoms. The summed E-state index contributed by atoms with van der Waals surface area (Å²) in [6.45, 7) is 0.253. The van der Waals surface area contributed by atoms with Crippen molar-refractivity contribution in [3.8, 4) is 11.4 Å². The molecule has 5 nitrogen and oxygen atoms in total. The molecule has 0 unspecified atom stereocenters. The minimum atomic E-state index is -0.893. The molecule has 0 saturated carbocycles. The topological polar surface area (TPSA) is 75.1 Å². The van der Waals surface area contributed by atoms with Crippen LogP contribution in [0.15, 0.2) is 36.5 Å². The van der Waals surface area contributed by atoms with Gasteiger partial charge in [-0.15, -0.1) is 0 Å². The number of nitrogens with one attached hydrogen (secondary N) is 1. The standard InChI is InChI=1S/C13H12FN3O2/c14-10-4-2-1-3-9(10)13-16-7-5-11(17-13)15-8-6-12(18)19/h1-5,7H,6,8H2,(H,18,19)(H,15,16,17). The fourth-order valence-corrected chi connectivity index (χ4v) is 1.53. The Hall–Kier alpha value is -2.50. The first-order chi connectivity index (χ1) is 9.16. The number of nitrogens with zero attached hydrogens (tertiary/aromatic N) is 2. The van der Waals surface area contributed by atoms with Crippen LogP contribution in [0.3, 0.4) is 0 Å². The van der Waals surface area contributed by atoms with E-state index in [1.165, 1.54) is 12.3 Å². The summed E-state index contributed by atoms with van der Waals surface area (Å²) in [6.07, 6.45) is 1.48. The molecule has 2 aromatic rings. The number of benzene rings is 1. The Morgan fingerprint density at radius 3 is 2.84 bits per heavy atom. The molecular weight excluding hydrogens is 249 g/mol. The lowest BCUT2D eigenvalue weighted by atomic mass is 10.2. The van der Waals surface area contributed by atoms with Crippen LogP contribution in [0.4, 0.5) is 10.2 Å². The van der Waals surface area contributed by atoms with Crippen molar-refractivity contribution in [2.75, 3.05) is 11.9 Å². The predicted octanol–water partition coefficient (Wildman–Crippen LogP) is 2.17. The van der Waals surface area contributed by atoms with Gasteiger partial charge in [0, 0.05) is 12.7 Å². The van der Waals surface area contributed by atoms with Gasteiger partial charge in [-0.05, 0) is 18.2 Å². The van der Waals surface area contributed by atoms with E-state index in [4.69, 9.17) is 5.11 Å². The third-order valence-corrected chi connectivity index (χ3v) is 2.42. The number of hydrogen-bond donors (Lipinski definition) is 2. The van der Waals surface area contributed by atoms with Gasteiger partial charge < -0.3 is 10.4 Å². The number of aliphatic carboxylic acids is 1. The molecule has 0 spiro atoms. The number of aromatic nitrogens is 2. The van der Waals surface area contributed by atoms with Crippen molar-refractivity contribution in [2.45, 2.75) is 6.42 Å². The molecule has 1 aromatic carbocycles. The van der Waals surface area contributed by atoms with E-state index < -0.39 is 11.8 Å². The average molecular weight is 261 g/mol. The van der Waals surface area contributed by atoms with Crippen LogP contribution in [-0.4, -0.2) is 27.6 Å². The molecular formula is C13H12FN3O2. The highest BCUT2D eigenvalue weighted by atomic mass is 19.1. The number of carboxylic acids is 1. The van der Waals surface area contributed by atoms with E-state index in [-0.39, 0.29) is 18.8 Å². The zero-order chi connectivity index (χ0) is 13.7. The molecule has 0 aliphatic heterocycles. The van der Waals surface area contributed by atoms with E-state index in [9.17, 15) is 9.18 Å². The largest absolute Gasteiger partial charge is 0.481 e. The Morgan fingerprint density at radius 2 is 2.11 bits per heavy atom. The maximum atomic E-state index is 13.6. The number of rotatable bonds is 5. The third kappa shape index (κ3) is 3.48. The highest BCUT2D eigenvalue weighted by Crippen LogP contribution is 2.19. The van der Waals surface area contributed by atoms with E-state index in [2.05, 4.69) is 15.3 Å². The van der Waals surface area contributed by atoms with Crippen LogP contribution in [0.25, 0.3) is 11.4 Å². The molecule has 0 saturated heterocycles. The summed E-state index contributed by atoms with van der Waals surface area (Å²) in [6, 6.07) is 7.82. The van der Waals surface area contributed by atoms with Gasteiger partial charge in [0.25, 0.3) is 0 Å². The van der Waals surface area contributed by atoms with Crippen LogP contribution in [0, 0.1) is 5.82 Å². The average Bonchev–Trinajstić information content (AvgIpc) is 2.39. The smallest absolute Gasteiger partial charge is 0.305 e. The van der Waals surface area contributed by atoms with Gasteiger partial charge in [-0.25, -0.2) is 14.4 Å². The number of anilines is 1. The summed E-state index contributed by atoms with van der Waals surface area (Å²) < 4.78 is 13.6. The molecule has 6 heteroatoms. The Bertz CT molecular complexity index is 590. The van der Waals surface area contributed by atoms with Crippen LogP contribution in [0.1, 0.15) is 6.42 Å². The molecule has 0 aliphatic carbocycles. The summed E-state index contributed by atoms with van der Waals surface area (Å²) in [4.78, 5) is 18.6. The van der Waals surface area contributed by atoms with E-state index in [1.807, 2.05) is 0 Å². The number of halogens is 1. The molecule has 2 rings (SSSR count). The zero-order valence-electron chi connectivity index (χ0n) is 10.0. The molecule has 98 valence electrons. The lowest BCUT2D eigenvalue weighted by molar-refractivity contribution is -0.136. The van der Waals surface area contributed by atoms with Crippen molar-refractivity contribution < 1.29 is 14.3 Å². The number of hydrogen-bond acceptors (Lipinski definition) is 4. The fraction of sp³-hybridized carbons (Fsp3) is 0.154. The lowest BCUT2D eigenvalue weighted by Crippen LogP contribution is -2.09. The van der Waals surface area contributed by atoms with E-state index in [1.54, 1.807) is 24.3 Å². The van der Waals surface area contributed by atoms with Gasteiger partial charge in [-0.1, -0.05) is 12.1 Å². The maximum Gasteiger partial charge on any atom is 0.305 e. The fourth-order valence-electron chi connectivity index (χ4n) is 1.53. The van der Waals surface area contributed by atoms with Crippen LogP contribution in [0.2, 0.25) is 0 Å². The summed E-state index contributed by atoms with van der Waals surface area (Å²) in [7, 11) is 0. The van der Waals surface area contributed by atoms with Crippen molar-refractivity contribution in [1.82, 2.24) is 9.97 Å². The van der Waals surface area contributed by atoms with Gasteiger partial charge in [-0.3, -0.25) is 4.79 Å². The molecule has 0 bridgehead atoms. The van der Waals surface area contributed by atoms with Gasteiger partial charge in [0.15, 0.2) is 5.82 Å². The van der Waals surface area contributed by atoms with Gasteiger partial charge in [0.2, 0.25) is 0 Å². The lowest BCUT2D eigenvalue weighted by Gasteiger charge is -2.06. The van der Waals surface area contributed by atoms with Crippen molar-refractivity contribution in [2.24, 2.45) is 0 Å². The minimum absolute atomic E-state index is 0.0148. The van der Waals surface area contributed by atoms with Crippen molar-refractivity contribution >= 4 is 11.8 Å². The maximum absolute atomic E-state index is 13.6. The van der Waals surface area contributed by atoms with Gasteiger partial charge in [-0.2, -0.15) is 0 Å². The molecule has 1 heterocycles. The Kier molecular flexibility index (Phi) is 4.02. The first-order valence-corrected chi connectivity index (χ1v) is 5.70. The van der Waals surface area contributed by atoms with Crippen molar-refractivity contribution in [3.63, 3.8) is 0 Å². The summed E-state index contributed by atoms with van der Waals surface area (Å²) in [5.41, 5.74) is 0.310. The third-order valence-electron chi connectivity index (χ3n) is 2.42. The molecule has 2 N–H and O–H groups in total. The predicted molar refractivity (Wildman–Crippen MR) is 68.2 cm³/mol. The van der Waals surface area contributed by atoms with E-state index in [0.29, 0.717) is 11.4 Å². The quantitative estimate of drug-likeness (QED) is 0.862. The van der Waals surface area contributed by atoms with Crippen LogP contribution in [-0.2, 0) is 4.79 Å². The van der Waals surface area contributed by atoms with Crippen LogP contribution in [0.5, 0.6) is 0 Å². The Balaban J connectivity index is 2.15. The summed E-state index contributed by atoms with van der Waals surface area (Å²) in [5, 5.41) is 11.4. The molecule has 0 amide bonds. The zero-order valence-corrected chi connectivity index (χ0v) is 10.0. The SMILES string of the molecule is O=C(O)CCNc1ccnc(-c2ccccc2F)n1. The van der Waals surface area contributed by atoms with Crippen LogP contribution >= 0.6 is 0 Å². The summed E-state index contributed by atoms with van der Waals surface area (Å²) in [5.74, 6) is -0.561. The van der Waals surface area contributed by atoms with E-state index in [0.717, 1.165) is 0 Å². The second-order valence-electron chi connectivity index (χ2n) is 3.82. The molecule has 0 fully saturated rings. The minimum Gasteiger partial charge on any atom is -0.481 e. The Morgan fingerprint density at radius 1 is 1.32 bits per heavy atom. The Labute approximate surface area is 109 Å². The van der Waals surface area contributed by atoms with Gasteiger partial charge in [0.1, 0.15) is 11.6 Å². The van der Waals surface area contributed by atoms with Gasteiger partial charge in [0.05, 0.1) is 12.0 Å².